The molecule has 0 spiro atoms. The van der Waals surface area contributed by atoms with E-state index in [0.717, 1.165) is 31.1 Å². The van der Waals surface area contributed by atoms with Gasteiger partial charge in [0, 0.05) is 34.2 Å². The second-order valence-electron chi connectivity index (χ2n) is 4.76. The van der Waals surface area contributed by atoms with E-state index in [9.17, 15) is 4.21 Å². The van der Waals surface area contributed by atoms with Crippen LogP contribution in [0.4, 0.5) is 0 Å². The second kappa shape index (κ2) is 7.39. The van der Waals surface area contributed by atoms with Crippen molar-refractivity contribution in [3.05, 3.63) is 29.3 Å². The summed E-state index contributed by atoms with van der Waals surface area (Å²) in [5.41, 5.74) is 0. The van der Waals surface area contributed by atoms with Gasteiger partial charge in [-0.05, 0) is 31.2 Å². The third-order valence-electron chi connectivity index (χ3n) is 3.39. The first-order valence-electron chi connectivity index (χ1n) is 6.65. The maximum absolute atomic E-state index is 12.4. The summed E-state index contributed by atoms with van der Waals surface area (Å²) in [5, 5.41) is 4.07. The highest BCUT2D eigenvalue weighted by molar-refractivity contribution is 7.85. The van der Waals surface area contributed by atoms with Gasteiger partial charge < -0.3 is 10.1 Å². The van der Waals surface area contributed by atoms with Crippen molar-refractivity contribution in [2.24, 2.45) is 5.92 Å². The molecule has 1 aromatic rings. The zero-order valence-corrected chi connectivity index (χ0v) is 12.7. The molecule has 5 heteroatoms. The zero-order chi connectivity index (χ0) is 13.7. The number of ether oxygens (including phenoxy) is 1. The summed E-state index contributed by atoms with van der Waals surface area (Å²) in [4.78, 5) is 0.800. The largest absolute Gasteiger partial charge is 0.381 e. The third kappa shape index (κ3) is 4.28. The van der Waals surface area contributed by atoms with Crippen LogP contribution in [0.1, 0.15) is 13.3 Å². The minimum atomic E-state index is -1.02. The normalized spacial score (nSPS) is 22.3. The average molecular weight is 302 g/mol. The molecule has 1 aromatic carbocycles. The Balaban J connectivity index is 2.01. The molecule has 2 rings (SSSR count). The van der Waals surface area contributed by atoms with Gasteiger partial charge in [0.1, 0.15) is 0 Å². The van der Waals surface area contributed by atoms with Crippen LogP contribution < -0.4 is 5.32 Å². The first-order valence-corrected chi connectivity index (χ1v) is 8.35. The Morgan fingerprint density at radius 3 is 3.05 bits per heavy atom. The molecule has 1 heterocycles. The third-order valence-corrected chi connectivity index (χ3v) is 5.07. The SMILES string of the molecule is CCNC(CS(=O)c1cccc(Cl)c1)C1CCOC1. The number of benzene rings is 1. The number of hydrogen-bond donors (Lipinski definition) is 1. The van der Waals surface area contributed by atoms with Crippen LogP contribution in [0.3, 0.4) is 0 Å². The Labute approximate surface area is 122 Å². The standard InChI is InChI=1S/C14H20ClNO2S/c1-2-16-14(11-6-7-18-9-11)10-19(17)13-5-3-4-12(15)8-13/h3-5,8,11,14,16H,2,6-7,9-10H2,1H3. The summed E-state index contributed by atoms with van der Waals surface area (Å²) < 4.78 is 17.8. The van der Waals surface area contributed by atoms with Gasteiger partial charge in [0.05, 0.1) is 17.4 Å². The monoisotopic (exact) mass is 301 g/mol. The lowest BCUT2D eigenvalue weighted by atomic mass is 10.0. The van der Waals surface area contributed by atoms with Crippen molar-refractivity contribution in [3.8, 4) is 0 Å². The van der Waals surface area contributed by atoms with Gasteiger partial charge in [0.15, 0.2) is 0 Å². The highest BCUT2D eigenvalue weighted by Crippen LogP contribution is 2.20. The van der Waals surface area contributed by atoms with E-state index in [1.165, 1.54) is 0 Å². The minimum absolute atomic E-state index is 0.243. The van der Waals surface area contributed by atoms with E-state index in [0.29, 0.717) is 16.7 Å². The van der Waals surface area contributed by atoms with Crippen LogP contribution in [0.2, 0.25) is 5.02 Å². The highest BCUT2D eigenvalue weighted by atomic mass is 35.5. The van der Waals surface area contributed by atoms with Gasteiger partial charge in [-0.1, -0.05) is 24.6 Å². The van der Waals surface area contributed by atoms with Crippen LogP contribution in [-0.2, 0) is 15.5 Å². The first kappa shape index (κ1) is 15.0. The van der Waals surface area contributed by atoms with Gasteiger partial charge in [0.2, 0.25) is 0 Å². The minimum Gasteiger partial charge on any atom is -0.381 e. The fourth-order valence-corrected chi connectivity index (χ4v) is 4.01. The lowest BCUT2D eigenvalue weighted by Crippen LogP contribution is -2.40. The molecule has 0 aromatic heterocycles. The molecule has 1 fully saturated rings. The topological polar surface area (TPSA) is 38.3 Å². The highest BCUT2D eigenvalue weighted by Gasteiger charge is 2.26. The predicted molar refractivity (Wildman–Crippen MR) is 79.1 cm³/mol. The Morgan fingerprint density at radius 1 is 1.58 bits per heavy atom. The molecule has 3 nitrogen and oxygen atoms in total. The Bertz CT molecular complexity index is 435. The number of rotatable bonds is 6. The molecule has 0 amide bonds. The second-order valence-corrected chi connectivity index (χ2v) is 6.69. The molecular weight excluding hydrogens is 282 g/mol. The lowest BCUT2D eigenvalue weighted by molar-refractivity contribution is 0.179. The zero-order valence-electron chi connectivity index (χ0n) is 11.1. The molecular formula is C14H20ClNO2S. The van der Waals surface area contributed by atoms with Crippen LogP contribution in [0.15, 0.2) is 29.2 Å². The van der Waals surface area contributed by atoms with Crippen LogP contribution in [0, 0.1) is 5.92 Å². The van der Waals surface area contributed by atoms with Gasteiger partial charge in [-0.25, -0.2) is 0 Å². The summed E-state index contributed by atoms with van der Waals surface area (Å²) in [6.45, 7) is 4.54. The first-order chi connectivity index (χ1) is 9.20. The van der Waals surface area contributed by atoms with E-state index < -0.39 is 10.8 Å². The van der Waals surface area contributed by atoms with Crippen molar-refractivity contribution in [1.82, 2.24) is 5.32 Å². The van der Waals surface area contributed by atoms with Crippen LogP contribution in [-0.4, -0.2) is 35.8 Å². The Morgan fingerprint density at radius 2 is 2.42 bits per heavy atom. The molecule has 1 N–H and O–H groups in total. The maximum atomic E-state index is 12.4. The fraction of sp³-hybridized carbons (Fsp3) is 0.571. The summed E-state index contributed by atoms with van der Waals surface area (Å²) in [5.74, 6) is 1.07. The Kier molecular flexibility index (Phi) is 5.82. The molecule has 0 bridgehead atoms. The quantitative estimate of drug-likeness (QED) is 0.877. The molecule has 0 radical (unpaired) electrons. The molecule has 3 atom stereocenters. The van der Waals surface area contributed by atoms with Crippen LogP contribution in [0.25, 0.3) is 0 Å². The van der Waals surface area contributed by atoms with Crippen LogP contribution >= 0.6 is 11.6 Å². The molecule has 0 saturated carbocycles. The molecule has 1 aliphatic heterocycles. The van der Waals surface area contributed by atoms with E-state index in [1.54, 1.807) is 12.1 Å². The van der Waals surface area contributed by atoms with Crippen molar-refractivity contribution in [2.45, 2.75) is 24.3 Å². The van der Waals surface area contributed by atoms with E-state index in [4.69, 9.17) is 16.3 Å². The number of halogens is 1. The average Bonchev–Trinajstić information content (AvgIpc) is 2.92. The molecule has 106 valence electrons. The molecule has 1 aliphatic rings. The summed E-state index contributed by atoms with van der Waals surface area (Å²) in [6, 6.07) is 7.54. The van der Waals surface area contributed by atoms with Gasteiger partial charge in [-0.3, -0.25) is 4.21 Å². The fourth-order valence-electron chi connectivity index (χ4n) is 2.36. The molecule has 0 aliphatic carbocycles. The van der Waals surface area contributed by atoms with Crippen LogP contribution in [0.5, 0.6) is 0 Å². The van der Waals surface area contributed by atoms with Crippen molar-refractivity contribution < 1.29 is 8.95 Å². The Hall–Kier alpha value is -0.420. The smallest absolute Gasteiger partial charge is 0.0545 e. The number of hydrogen-bond acceptors (Lipinski definition) is 3. The van der Waals surface area contributed by atoms with Crippen molar-refractivity contribution >= 4 is 22.4 Å². The molecule has 3 unspecified atom stereocenters. The van der Waals surface area contributed by atoms with Crippen molar-refractivity contribution in [2.75, 3.05) is 25.5 Å². The maximum Gasteiger partial charge on any atom is 0.0545 e. The summed E-state index contributed by atoms with van der Waals surface area (Å²) in [6.07, 6.45) is 1.05. The van der Waals surface area contributed by atoms with Crippen molar-refractivity contribution in [3.63, 3.8) is 0 Å². The van der Waals surface area contributed by atoms with Gasteiger partial charge >= 0.3 is 0 Å². The predicted octanol–water partition coefficient (Wildman–Crippen LogP) is 2.46. The lowest BCUT2D eigenvalue weighted by Gasteiger charge is -2.22. The van der Waals surface area contributed by atoms with Gasteiger partial charge in [0.25, 0.3) is 0 Å². The van der Waals surface area contributed by atoms with E-state index in [1.807, 2.05) is 12.1 Å². The van der Waals surface area contributed by atoms with E-state index in [-0.39, 0.29) is 6.04 Å². The molecule has 19 heavy (non-hydrogen) atoms. The summed E-state index contributed by atoms with van der Waals surface area (Å²) in [7, 11) is -1.02. The summed E-state index contributed by atoms with van der Waals surface area (Å²) >= 11 is 5.94. The van der Waals surface area contributed by atoms with E-state index >= 15 is 0 Å². The van der Waals surface area contributed by atoms with Crippen molar-refractivity contribution in [1.29, 1.82) is 0 Å². The van der Waals surface area contributed by atoms with Gasteiger partial charge in [-0.15, -0.1) is 0 Å². The molecule has 1 saturated heterocycles. The van der Waals surface area contributed by atoms with Gasteiger partial charge in [-0.2, -0.15) is 0 Å². The number of nitrogens with one attached hydrogen (secondary N) is 1. The van der Waals surface area contributed by atoms with E-state index in [2.05, 4.69) is 12.2 Å².